The Morgan fingerprint density at radius 2 is 2.09 bits per heavy atom. The highest BCUT2D eigenvalue weighted by Gasteiger charge is 2.44. The van der Waals surface area contributed by atoms with Crippen molar-refractivity contribution in [1.82, 2.24) is 24.4 Å². The molecule has 4 N–H and O–H groups in total. The van der Waals surface area contributed by atoms with E-state index in [4.69, 9.17) is 9.84 Å². The number of nitrogens with one attached hydrogen (secondary N) is 1. The van der Waals surface area contributed by atoms with E-state index in [1.165, 1.54) is 21.8 Å². The molecular weight excluding hydrogens is 294 g/mol. The Hall–Kier alpha value is -1.85. The van der Waals surface area contributed by atoms with Crippen LogP contribution >= 0.6 is 0 Å². The lowest BCUT2D eigenvalue weighted by atomic mass is 10.1. The van der Waals surface area contributed by atoms with Crippen molar-refractivity contribution in [2.24, 2.45) is 0 Å². The van der Waals surface area contributed by atoms with E-state index in [0.29, 0.717) is 6.67 Å². The summed E-state index contributed by atoms with van der Waals surface area (Å²) in [5, 5.41) is 31.8. The molecule has 4 atom stereocenters. The quantitative estimate of drug-likeness (QED) is 0.482. The largest absolute Gasteiger partial charge is 0.394 e. The molecule has 0 unspecified atom stereocenters. The first kappa shape index (κ1) is 15.1. The first-order chi connectivity index (χ1) is 10.6. The molecule has 0 amide bonds. The summed E-state index contributed by atoms with van der Waals surface area (Å²) in [5.41, 5.74) is 0.0486. The van der Waals surface area contributed by atoms with E-state index < -0.39 is 31.1 Å². The summed E-state index contributed by atoms with van der Waals surface area (Å²) in [5.74, 6) is 0. The first-order valence-corrected chi connectivity index (χ1v) is 6.77. The summed E-state index contributed by atoms with van der Waals surface area (Å²) in [7, 11) is 1.70. The van der Waals surface area contributed by atoms with Crippen molar-refractivity contribution in [3.63, 3.8) is 0 Å². The van der Waals surface area contributed by atoms with Gasteiger partial charge in [0.1, 0.15) is 24.6 Å². The van der Waals surface area contributed by atoms with Crippen LogP contribution in [0.25, 0.3) is 11.2 Å². The minimum Gasteiger partial charge on any atom is -0.394 e. The van der Waals surface area contributed by atoms with Gasteiger partial charge in [-0.05, 0) is 7.05 Å². The van der Waals surface area contributed by atoms with Crippen LogP contribution in [0.1, 0.15) is 6.23 Å². The number of hydrogen-bond acceptors (Lipinski definition) is 8. The predicted octanol–water partition coefficient (Wildman–Crippen LogP) is -2.62. The lowest BCUT2D eigenvalue weighted by Gasteiger charge is -2.16. The van der Waals surface area contributed by atoms with Crippen LogP contribution in [0.4, 0.5) is 0 Å². The Bertz CT molecular complexity index is 728. The van der Waals surface area contributed by atoms with Crippen molar-refractivity contribution in [2.75, 3.05) is 13.7 Å². The third kappa shape index (κ3) is 2.21. The van der Waals surface area contributed by atoms with E-state index in [-0.39, 0.29) is 16.7 Å². The van der Waals surface area contributed by atoms with E-state index in [0.717, 1.165) is 0 Å². The maximum absolute atomic E-state index is 12.2. The third-order valence-corrected chi connectivity index (χ3v) is 3.67. The predicted molar refractivity (Wildman–Crippen MR) is 73.9 cm³/mol. The lowest BCUT2D eigenvalue weighted by molar-refractivity contribution is -0.0511. The third-order valence-electron chi connectivity index (χ3n) is 3.67. The monoisotopic (exact) mass is 311 g/mol. The highest BCUT2D eigenvalue weighted by atomic mass is 16.6. The molecule has 10 nitrogen and oxygen atoms in total. The summed E-state index contributed by atoms with van der Waals surface area (Å²) in [6.07, 6.45) is -1.66. The van der Waals surface area contributed by atoms with Crippen molar-refractivity contribution < 1.29 is 20.1 Å². The molecule has 0 aliphatic carbocycles. The fraction of sp³-hybridized carbons (Fsp3) is 0.583. The molecule has 1 fully saturated rings. The molecule has 1 saturated heterocycles. The van der Waals surface area contributed by atoms with Crippen LogP contribution < -0.4 is 10.9 Å². The molecule has 10 heteroatoms. The average molecular weight is 311 g/mol. The number of nitrogens with zero attached hydrogens (tertiary/aromatic N) is 4. The SMILES string of the molecule is CNCn1cnc2c(ncn2[C@@H]2O[C@H](CO)[C@@H](O)[C@H]2O)c1=O. The van der Waals surface area contributed by atoms with Crippen LogP contribution in [0.3, 0.4) is 0 Å². The molecule has 120 valence electrons. The second kappa shape index (κ2) is 5.74. The van der Waals surface area contributed by atoms with Crippen molar-refractivity contribution in [3.05, 3.63) is 23.0 Å². The molecule has 3 rings (SSSR count). The topological polar surface area (TPSA) is 135 Å². The summed E-state index contributed by atoms with van der Waals surface area (Å²) in [6.45, 7) is -0.133. The van der Waals surface area contributed by atoms with Crippen LogP contribution in [-0.2, 0) is 11.4 Å². The number of rotatable bonds is 4. The van der Waals surface area contributed by atoms with Crippen molar-refractivity contribution >= 4 is 11.2 Å². The fourth-order valence-electron chi connectivity index (χ4n) is 2.53. The van der Waals surface area contributed by atoms with Crippen LogP contribution in [0.15, 0.2) is 17.4 Å². The van der Waals surface area contributed by atoms with Crippen molar-refractivity contribution in [2.45, 2.75) is 31.2 Å². The molecule has 1 aliphatic heterocycles. The maximum atomic E-state index is 12.2. The lowest BCUT2D eigenvalue weighted by Crippen LogP contribution is -2.33. The second-order valence-electron chi connectivity index (χ2n) is 5.08. The maximum Gasteiger partial charge on any atom is 0.282 e. The molecule has 22 heavy (non-hydrogen) atoms. The Labute approximate surface area is 124 Å². The molecule has 0 radical (unpaired) electrons. The van der Waals surface area contributed by atoms with Gasteiger partial charge in [-0.1, -0.05) is 0 Å². The zero-order valence-electron chi connectivity index (χ0n) is 11.8. The molecule has 3 heterocycles. The molecule has 0 aromatic carbocycles. The van der Waals surface area contributed by atoms with E-state index in [1.54, 1.807) is 7.05 Å². The minimum atomic E-state index is -1.25. The number of aromatic nitrogens is 4. The second-order valence-corrected chi connectivity index (χ2v) is 5.08. The Morgan fingerprint density at radius 3 is 2.73 bits per heavy atom. The summed E-state index contributed by atoms with van der Waals surface area (Å²) >= 11 is 0. The van der Waals surface area contributed by atoms with E-state index in [1.807, 2.05) is 0 Å². The standard InChI is InChI=1S/C12H17N5O5/c1-13-3-16-4-15-10-7(11(16)21)14-5-17(10)12-9(20)8(19)6(2-18)22-12/h4-6,8-9,12-13,18-20H,2-3H2,1H3/t6-,8-,9-,12-/m1/s1. The smallest absolute Gasteiger partial charge is 0.282 e. The Morgan fingerprint density at radius 1 is 1.32 bits per heavy atom. The van der Waals surface area contributed by atoms with E-state index in [9.17, 15) is 15.0 Å². The molecular formula is C12H17N5O5. The number of hydrogen-bond donors (Lipinski definition) is 4. The number of aliphatic hydroxyl groups is 3. The summed E-state index contributed by atoms with van der Waals surface area (Å²) < 4.78 is 8.15. The summed E-state index contributed by atoms with van der Waals surface area (Å²) in [4.78, 5) is 20.4. The normalized spacial score (nSPS) is 28.5. The van der Waals surface area contributed by atoms with Gasteiger partial charge in [0.25, 0.3) is 5.56 Å². The molecule has 1 aliphatic rings. The van der Waals surface area contributed by atoms with Gasteiger partial charge in [0.15, 0.2) is 17.4 Å². The van der Waals surface area contributed by atoms with E-state index in [2.05, 4.69) is 15.3 Å². The van der Waals surface area contributed by atoms with Crippen molar-refractivity contribution in [1.29, 1.82) is 0 Å². The van der Waals surface area contributed by atoms with Gasteiger partial charge in [0.2, 0.25) is 0 Å². The minimum absolute atomic E-state index is 0.135. The van der Waals surface area contributed by atoms with Gasteiger partial charge in [-0.15, -0.1) is 0 Å². The number of imidazole rings is 1. The summed E-state index contributed by atoms with van der Waals surface area (Å²) in [6, 6.07) is 0. The number of ether oxygens (including phenoxy) is 1. The van der Waals surface area contributed by atoms with Crippen LogP contribution in [0.5, 0.6) is 0 Å². The highest BCUT2D eigenvalue weighted by molar-refractivity contribution is 5.69. The van der Waals surface area contributed by atoms with Crippen molar-refractivity contribution in [3.8, 4) is 0 Å². The van der Waals surface area contributed by atoms with Gasteiger partial charge in [0, 0.05) is 0 Å². The molecule has 0 saturated carbocycles. The zero-order chi connectivity index (χ0) is 15.9. The highest BCUT2D eigenvalue weighted by Crippen LogP contribution is 2.30. The molecule has 2 aromatic heterocycles. The van der Waals surface area contributed by atoms with Gasteiger partial charge in [-0.2, -0.15) is 0 Å². The average Bonchev–Trinajstić information content (AvgIpc) is 3.05. The van der Waals surface area contributed by atoms with Crippen LogP contribution in [-0.4, -0.2) is 66.4 Å². The first-order valence-electron chi connectivity index (χ1n) is 6.77. The zero-order valence-corrected chi connectivity index (χ0v) is 11.8. The van der Waals surface area contributed by atoms with E-state index >= 15 is 0 Å². The fourth-order valence-corrected chi connectivity index (χ4v) is 2.53. The molecule has 2 aromatic rings. The Kier molecular flexibility index (Phi) is 3.93. The Balaban J connectivity index is 2.03. The van der Waals surface area contributed by atoms with Gasteiger partial charge >= 0.3 is 0 Å². The van der Waals surface area contributed by atoms with Gasteiger partial charge in [-0.25, -0.2) is 9.97 Å². The van der Waals surface area contributed by atoms with Crippen LogP contribution in [0, 0.1) is 0 Å². The molecule has 0 spiro atoms. The van der Waals surface area contributed by atoms with Gasteiger partial charge in [-0.3, -0.25) is 13.9 Å². The van der Waals surface area contributed by atoms with Crippen LogP contribution in [0.2, 0.25) is 0 Å². The molecule has 0 bridgehead atoms. The number of aliphatic hydroxyl groups excluding tert-OH is 3. The number of fused-ring (bicyclic) bond motifs is 1. The van der Waals surface area contributed by atoms with Gasteiger partial charge < -0.3 is 25.4 Å². The van der Waals surface area contributed by atoms with Gasteiger partial charge in [0.05, 0.1) is 19.6 Å².